The fourth-order valence-electron chi connectivity index (χ4n) is 1.76. The summed E-state index contributed by atoms with van der Waals surface area (Å²) >= 11 is 3.51. The number of hydrogen-bond acceptors (Lipinski definition) is 4. The number of halogens is 1. The summed E-state index contributed by atoms with van der Waals surface area (Å²) in [4.78, 5) is 3.93. The SMILES string of the molecule is CNCc1cc(OCc2ccnc(C#N)c2)ccc1Br. The fraction of sp³-hybridized carbons (Fsp3) is 0.200. The van der Waals surface area contributed by atoms with Gasteiger partial charge in [0.05, 0.1) is 0 Å². The monoisotopic (exact) mass is 331 g/mol. The summed E-state index contributed by atoms with van der Waals surface area (Å²) in [5.74, 6) is 0.800. The predicted molar refractivity (Wildman–Crippen MR) is 80.2 cm³/mol. The molecular weight excluding hydrogens is 318 g/mol. The molecule has 0 saturated heterocycles. The van der Waals surface area contributed by atoms with Gasteiger partial charge < -0.3 is 10.1 Å². The summed E-state index contributed by atoms with van der Waals surface area (Å²) in [7, 11) is 1.90. The maximum Gasteiger partial charge on any atom is 0.140 e. The molecule has 0 fully saturated rings. The smallest absolute Gasteiger partial charge is 0.140 e. The van der Waals surface area contributed by atoms with Gasteiger partial charge in [0.2, 0.25) is 0 Å². The number of pyridine rings is 1. The summed E-state index contributed by atoms with van der Waals surface area (Å²) in [5.41, 5.74) is 2.46. The quantitative estimate of drug-likeness (QED) is 0.914. The number of ether oxygens (including phenoxy) is 1. The first-order chi connectivity index (χ1) is 9.72. The van der Waals surface area contributed by atoms with E-state index in [4.69, 9.17) is 10.00 Å². The van der Waals surface area contributed by atoms with E-state index in [1.807, 2.05) is 37.4 Å². The third-order valence-corrected chi connectivity index (χ3v) is 3.50. The zero-order valence-corrected chi connectivity index (χ0v) is 12.6. The lowest BCUT2D eigenvalue weighted by molar-refractivity contribution is 0.305. The van der Waals surface area contributed by atoms with Gasteiger partial charge in [0, 0.05) is 17.2 Å². The highest BCUT2D eigenvalue weighted by atomic mass is 79.9. The van der Waals surface area contributed by atoms with Crippen LogP contribution in [0.25, 0.3) is 0 Å². The average molecular weight is 332 g/mol. The van der Waals surface area contributed by atoms with Crippen molar-refractivity contribution in [1.29, 1.82) is 5.26 Å². The van der Waals surface area contributed by atoms with E-state index < -0.39 is 0 Å². The van der Waals surface area contributed by atoms with Crippen LogP contribution in [-0.2, 0) is 13.2 Å². The molecule has 0 aliphatic carbocycles. The Morgan fingerprint density at radius 1 is 1.35 bits per heavy atom. The maximum absolute atomic E-state index is 8.81. The van der Waals surface area contributed by atoms with Gasteiger partial charge in [0.25, 0.3) is 0 Å². The van der Waals surface area contributed by atoms with E-state index in [0.717, 1.165) is 27.9 Å². The molecule has 0 spiro atoms. The first-order valence-electron chi connectivity index (χ1n) is 6.14. The van der Waals surface area contributed by atoms with Crippen LogP contribution in [0, 0.1) is 11.3 Å². The van der Waals surface area contributed by atoms with E-state index >= 15 is 0 Å². The molecule has 1 heterocycles. The fourth-order valence-corrected chi connectivity index (χ4v) is 2.15. The first-order valence-corrected chi connectivity index (χ1v) is 6.93. The molecule has 20 heavy (non-hydrogen) atoms. The molecule has 1 aromatic heterocycles. The summed E-state index contributed by atoms with van der Waals surface area (Å²) in [6.07, 6.45) is 1.62. The first kappa shape index (κ1) is 14.5. The Hall–Kier alpha value is -1.90. The van der Waals surface area contributed by atoms with Crippen LogP contribution in [0.5, 0.6) is 5.75 Å². The van der Waals surface area contributed by atoms with Crippen LogP contribution in [0.2, 0.25) is 0 Å². The number of nitrogens with zero attached hydrogens (tertiary/aromatic N) is 2. The third kappa shape index (κ3) is 3.80. The van der Waals surface area contributed by atoms with Gasteiger partial charge in [-0.2, -0.15) is 5.26 Å². The lowest BCUT2D eigenvalue weighted by Crippen LogP contribution is -2.06. The molecule has 0 radical (unpaired) electrons. The van der Waals surface area contributed by atoms with Crippen LogP contribution in [0.1, 0.15) is 16.8 Å². The van der Waals surface area contributed by atoms with Crippen molar-refractivity contribution < 1.29 is 4.74 Å². The van der Waals surface area contributed by atoms with E-state index in [1.165, 1.54) is 0 Å². The van der Waals surface area contributed by atoms with Crippen molar-refractivity contribution in [3.8, 4) is 11.8 Å². The lowest BCUT2D eigenvalue weighted by Gasteiger charge is -2.09. The van der Waals surface area contributed by atoms with Crippen LogP contribution >= 0.6 is 15.9 Å². The van der Waals surface area contributed by atoms with Gasteiger partial charge >= 0.3 is 0 Å². The molecule has 1 aromatic carbocycles. The van der Waals surface area contributed by atoms with Crippen molar-refractivity contribution in [1.82, 2.24) is 10.3 Å². The minimum Gasteiger partial charge on any atom is -0.489 e. The van der Waals surface area contributed by atoms with Gasteiger partial charge in [-0.3, -0.25) is 0 Å². The lowest BCUT2D eigenvalue weighted by atomic mass is 10.2. The maximum atomic E-state index is 8.81. The van der Waals surface area contributed by atoms with E-state index in [9.17, 15) is 0 Å². The molecule has 0 aliphatic heterocycles. The Kier molecular flexibility index (Phi) is 5.10. The number of nitrogens with one attached hydrogen (secondary N) is 1. The van der Waals surface area contributed by atoms with E-state index in [1.54, 1.807) is 12.3 Å². The van der Waals surface area contributed by atoms with Crippen molar-refractivity contribution in [2.45, 2.75) is 13.2 Å². The molecule has 0 aliphatic rings. The molecule has 0 atom stereocenters. The average Bonchev–Trinajstić information content (AvgIpc) is 2.48. The molecule has 0 amide bonds. The van der Waals surface area contributed by atoms with Gasteiger partial charge in [-0.25, -0.2) is 4.98 Å². The Labute approximate surface area is 126 Å². The number of rotatable bonds is 5. The minimum atomic E-state index is 0.401. The summed E-state index contributed by atoms with van der Waals surface area (Å²) in [5, 5.41) is 11.9. The van der Waals surface area contributed by atoms with Crippen LogP contribution in [-0.4, -0.2) is 12.0 Å². The molecular formula is C15H14BrN3O. The van der Waals surface area contributed by atoms with Crippen molar-refractivity contribution in [3.05, 3.63) is 57.8 Å². The summed E-state index contributed by atoms with van der Waals surface area (Å²) in [6.45, 7) is 1.18. The Bertz CT molecular complexity index is 637. The molecule has 2 aromatic rings. The number of nitriles is 1. The second kappa shape index (κ2) is 7.04. The zero-order valence-electron chi connectivity index (χ0n) is 11.1. The third-order valence-electron chi connectivity index (χ3n) is 2.73. The highest BCUT2D eigenvalue weighted by Gasteiger charge is 2.03. The number of hydrogen-bond donors (Lipinski definition) is 1. The molecule has 5 heteroatoms. The van der Waals surface area contributed by atoms with Crippen molar-refractivity contribution in [2.75, 3.05) is 7.05 Å². The largest absolute Gasteiger partial charge is 0.489 e. The highest BCUT2D eigenvalue weighted by Crippen LogP contribution is 2.23. The zero-order chi connectivity index (χ0) is 14.4. The topological polar surface area (TPSA) is 57.9 Å². The Morgan fingerprint density at radius 3 is 2.95 bits per heavy atom. The summed E-state index contributed by atoms with van der Waals surface area (Å²) in [6, 6.07) is 11.5. The summed E-state index contributed by atoms with van der Waals surface area (Å²) < 4.78 is 6.80. The van der Waals surface area contributed by atoms with E-state index in [2.05, 4.69) is 26.2 Å². The molecule has 1 N–H and O–H groups in total. The molecule has 102 valence electrons. The molecule has 0 saturated carbocycles. The van der Waals surface area contributed by atoms with Crippen molar-refractivity contribution in [2.24, 2.45) is 0 Å². The van der Waals surface area contributed by atoms with Gasteiger partial charge in [-0.1, -0.05) is 15.9 Å². The standard InChI is InChI=1S/C15H14BrN3O/c1-18-9-12-7-14(2-3-15(12)16)20-10-11-4-5-19-13(6-11)8-17/h2-7,18H,9-10H2,1H3. The number of benzene rings is 1. The predicted octanol–water partition coefficient (Wildman–Crippen LogP) is 3.01. The van der Waals surface area contributed by atoms with Crippen LogP contribution in [0.3, 0.4) is 0 Å². The van der Waals surface area contributed by atoms with E-state index in [0.29, 0.717) is 12.3 Å². The van der Waals surface area contributed by atoms with Crippen LogP contribution in [0.15, 0.2) is 41.0 Å². The van der Waals surface area contributed by atoms with E-state index in [-0.39, 0.29) is 0 Å². The van der Waals surface area contributed by atoms with Gasteiger partial charge in [-0.15, -0.1) is 0 Å². The van der Waals surface area contributed by atoms with Crippen LogP contribution < -0.4 is 10.1 Å². The second-order valence-corrected chi connectivity index (χ2v) is 5.09. The number of aromatic nitrogens is 1. The van der Waals surface area contributed by atoms with Crippen molar-refractivity contribution in [3.63, 3.8) is 0 Å². The van der Waals surface area contributed by atoms with Crippen molar-refractivity contribution >= 4 is 15.9 Å². The Morgan fingerprint density at radius 2 is 2.20 bits per heavy atom. The molecule has 2 rings (SSSR count). The highest BCUT2D eigenvalue weighted by molar-refractivity contribution is 9.10. The van der Waals surface area contributed by atoms with Gasteiger partial charge in [-0.05, 0) is 48.5 Å². The molecule has 0 unspecified atom stereocenters. The minimum absolute atomic E-state index is 0.401. The normalized spacial score (nSPS) is 10.1. The second-order valence-electron chi connectivity index (χ2n) is 4.23. The molecule has 4 nitrogen and oxygen atoms in total. The van der Waals surface area contributed by atoms with Crippen LogP contribution in [0.4, 0.5) is 0 Å². The Balaban J connectivity index is 2.07. The molecule has 0 bridgehead atoms. The van der Waals surface area contributed by atoms with Gasteiger partial charge in [0.15, 0.2) is 0 Å². The van der Waals surface area contributed by atoms with Gasteiger partial charge in [0.1, 0.15) is 24.1 Å².